The Labute approximate surface area is 289 Å². The SMILES string of the molecule is O=C(CCCCC(=O)Oc1c(-c2ccc(OCc3ccccc3)c(OCc3ccccc3)c2)oc2ccccc2c1=O)OCc1ccccc1. The van der Waals surface area contributed by atoms with Crippen LogP contribution in [0.15, 0.2) is 143 Å². The highest BCUT2D eigenvalue weighted by atomic mass is 16.5. The number of hydrogen-bond acceptors (Lipinski definition) is 8. The van der Waals surface area contributed by atoms with Crippen LogP contribution in [0.5, 0.6) is 17.2 Å². The number of benzene rings is 5. The van der Waals surface area contributed by atoms with Crippen LogP contribution >= 0.6 is 0 Å². The van der Waals surface area contributed by atoms with E-state index < -0.39 is 11.4 Å². The van der Waals surface area contributed by atoms with Crippen molar-refractivity contribution in [3.05, 3.63) is 160 Å². The quantitative estimate of drug-likeness (QED) is 0.0791. The van der Waals surface area contributed by atoms with Gasteiger partial charge >= 0.3 is 11.9 Å². The molecule has 0 aliphatic heterocycles. The number of unbranched alkanes of at least 4 members (excludes halogenated alkanes) is 1. The third-order valence-corrected chi connectivity index (χ3v) is 7.91. The van der Waals surface area contributed by atoms with Gasteiger partial charge in [-0.15, -0.1) is 0 Å². The molecule has 0 N–H and O–H groups in total. The molecule has 0 unspecified atom stereocenters. The van der Waals surface area contributed by atoms with Crippen molar-refractivity contribution >= 4 is 22.9 Å². The second-order valence-corrected chi connectivity index (χ2v) is 11.6. The van der Waals surface area contributed by atoms with E-state index in [-0.39, 0.29) is 48.9 Å². The first-order valence-electron chi connectivity index (χ1n) is 16.5. The zero-order valence-electron chi connectivity index (χ0n) is 27.4. The smallest absolute Gasteiger partial charge is 0.311 e. The maximum absolute atomic E-state index is 13.7. The maximum Gasteiger partial charge on any atom is 0.311 e. The monoisotopic (exact) mass is 668 g/mol. The number of carbonyl (C=O) groups is 2. The Morgan fingerprint density at radius 3 is 1.74 bits per heavy atom. The van der Waals surface area contributed by atoms with Crippen molar-refractivity contribution in [3.8, 4) is 28.6 Å². The van der Waals surface area contributed by atoms with Gasteiger partial charge in [-0.1, -0.05) is 103 Å². The van der Waals surface area contributed by atoms with E-state index in [9.17, 15) is 14.4 Å². The number of fused-ring (bicyclic) bond motifs is 1. The van der Waals surface area contributed by atoms with Crippen molar-refractivity contribution in [1.29, 1.82) is 0 Å². The standard InChI is InChI=1S/C42H36O8/c43-38(48-29-32-18-8-3-9-19-32)22-12-13-23-39(44)50-42-40(45)34-20-10-11-21-35(34)49-41(42)33-24-25-36(46-27-30-14-4-1-5-15-30)37(26-33)47-28-31-16-6-2-7-17-31/h1-11,14-21,24-26H,12-13,22-23,27-29H2. The predicted octanol–water partition coefficient (Wildman–Crippen LogP) is 8.83. The van der Waals surface area contributed by atoms with Crippen molar-refractivity contribution in [2.24, 2.45) is 0 Å². The molecule has 8 nitrogen and oxygen atoms in total. The number of carbonyl (C=O) groups excluding carboxylic acids is 2. The lowest BCUT2D eigenvalue weighted by atomic mass is 10.1. The fourth-order valence-corrected chi connectivity index (χ4v) is 5.27. The lowest BCUT2D eigenvalue weighted by Crippen LogP contribution is -2.16. The average molecular weight is 669 g/mol. The Kier molecular flexibility index (Phi) is 11.3. The van der Waals surface area contributed by atoms with Gasteiger partial charge in [0.25, 0.3) is 0 Å². The van der Waals surface area contributed by atoms with E-state index in [0.717, 1.165) is 16.7 Å². The molecule has 252 valence electrons. The number of para-hydroxylation sites is 1. The highest BCUT2D eigenvalue weighted by molar-refractivity contribution is 5.84. The van der Waals surface area contributed by atoms with Crippen LogP contribution in [0.4, 0.5) is 0 Å². The predicted molar refractivity (Wildman–Crippen MR) is 190 cm³/mol. The summed E-state index contributed by atoms with van der Waals surface area (Å²) < 4.78 is 29.7. The molecular weight excluding hydrogens is 632 g/mol. The molecule has 1 aromatic heterocycles. The van der Waals surface area contributed by atoms with Gasteiger partial charge in [-0.05, 0) is 59.9 Å². The first-order chi connectivity index (χ1) is 24.5. The first-order valence-corrected chi connectivity index (χ1v) is 16.5. The largest absolute Gasteiger partial charge is 0.485 e. The summed E-state index contributed by atoms with van der Waals surface area (Å²) in [5.41, 5.74) is 3.19. The summed E-state index contributed by atoms with van der Waals surface area (Å²) in [6, 6.07) is 40.9. The van der Waals surface area contributed by atoms with Gasteiger partial charge in [0.15, 0.2) is 17.3 Å². The van der Waals surface area contributed by atoms with Crippen LogP contribution in [0.3, 0.4) is 0 Å². The summed E-state index contributed by atoms with van der Waals surface area (Å²) in [7, 11) is 0. The fourth-order valence-electron chi connectivity index (χ4n) is 5.27. The highest BCUT2D eigenvalue weighted by Crippen LogP contribution is 2.38. The van der Waals surface area contributed by atoms with Gasteiger partial charge in [0, 0.05) is 18.4 Å². The normalized spacial score (nSPS) is 10.8. The van der Waals surface area contributed by atoms with Gasteiger partial charge in [0.05, 0.1) is 5.39 Å². The van der Waals surface area contributed by atoms with Crippen LogP contribution in [0.25, 0.3) is 22.3 Å². The molecular formula is C42H36O8. The van der Waals surface area contributed by atoms with Gasteiger partial charge in [0.1, 0.15) is 25.4 Å². The molecule has 0 saturated heterocycles. The number of hydrogen-bond donors (Lipinski definition) is 0. The molecule has 0 aliphatic carbocycles. The molecule has 6 rings (SSSR count). The van der Waals surface area contributed by atoms with E-state index in [1.165, 1.54) is 0 Å². The summed E-state index contributed by atoms with van der Waals surface area (Å²) in [6.45, 7) is 0.789. The van der Waals surface area contributed by atoms with Gasteiger partial charge < -0.3 is 23.4 Å². The van der Waals surface area contributed by atoms with Crippen LogP contribution in [-0.4, -0.2) is 11.9 Å². The molecule has 8 heteroatoms. The maximum atomic E-state index is 13.7. The summed E-state index contributed by atoms with van der Waals surface area (Å²) in [5, 5.41) is 0.281. The zero-order valence-corrected chi connectivity index (χ0v) is 27.4. The molecule has 0 bridgehead atoms. The van der Waals surface area contributed by atoms with Crippen LogP contribution in [-0.2, 0) is 34.1 Å². The molecule has 0 amide bonds. The molecule has 0 spiro atoms. The summed E-state index contributed by atoms with van der Waals surface area (Å²) in [4.78, 5) is 39.0. The third-order valence-electron chi connectivity index (χ3n) is 7.91. The molecule has 0 radical (unpaired) electrons. The third kappa shape index (κ3) is 9.05. The minimum Gasteiger partial charge on any atom is -0.485 e. The van der Waals surface area contributed by atoms with Crippen molar-refractivity contribution < 1.29 is 33.0 Å². The van der Waals surface area contributed by atoms with Gasteiger partial charge in [0.2, 0.25) is 11.2 Å². The molecule has 0 atom stereocenters. The number of ether oxygens (including phenoxy) is 4. The van der Waals surface area contributed by atoms with E-state index in [2.05, 4.69) is 0 Å². The molecule has 5 aromatic carbocycles. The van der Waals surface area contributed by atoms with Crippen molar-refractivity contribution in [3.63, 3.8) is 0 Å². The minimum absolute atomic E-state index is 0.00459. The number of esters is 2. The van der Waals surface area contributed by atoms with Crippen molar-refractivity contribution in [2.75, 3.05) is 0 Å². The van der Waals surface area contributed by atoms with E-state index in [1.54, 1.807) is 42.5 Å². The van der Waals surface area contributed by atoms with Crippen LogP contribution in [0.2, 0.25) is 0 Å². The van der Waals surface area contributed by atoms with E-state index in [0.29, 0.717) is 42.1 Å². The average Bonchev–Trinajstić information content (AvgIpc) is 3.16. The molecule has 0 saturated carbocycles. The van der Waals surface area contributed by atoms with Crippen LogP contribution in [0, 0.1) is 0 Å². The van der Waals surface area contributed by atoms with E-state index >= 15 is 0 Å². The van der Waals surface area contributed by atoms with Crippen LogP contribution in [0.1, 0.15) is 42.4 Å². The Hall–Kier alpha value is -6.15. The van der Waals surface area contributed by atoms with Gasteiger partial charge in [-0.2, -0.15) is 0 Å². The Morgan fingerprint density at radius 2 is 1.10 bits per heavy atom. The summed E-state index contributed by atoms with van der Waals surface area (Å²) in [6.07, 6.45) is 0.955. The molecule has 6 aromatic rings. The van der Waals surface area contributed by atoms with Gasteiger partial charge in [-0.3, -0.25) is 14.4 Å². The van der Waals surface area contributed by atoms with Crippen molar-refractivity contribution in [1.82, 2.24) is 0 Å². The Balaban J connectivity index is 1.20. The molecule has 0 fully saturated rings. The number of rotatable bonds is 15. The second-order valence-electron chi connectivity index (χ2n) is 11.6. The molecule has 0 aliphatic rings. The van der Waals surface area contributed by atoms with E-state index in [4.69, 9.17) is 23.4 Å². The van der Waals surface area contributed by atoms with Crippen LogP contribution < -0.4 is 19.6 Å². The first kappa shape index (κ1) is 33.7. The minimum atomic E-state index is -0.616. The Morgan fingerprint density at radius 1 is 0.560 bits per heavy atom. The fraction of sp³-hybridized carbons (Fsp3) is 0.167. The molecule has 1 heterocycles. The Bertz CT molecular complexity index is 2090. The second kappa shape index (κ2) is 16.8. The highest BCUT2D eigenvalue weighted by Gasteiger charge is 2.22. The lowest BCUT2D eigenvalue weighted by Gasteiger charge is -2.16. The summed E-state index contributed by atoms with van der Waals surface area (Å²) in [5.74, 6) is -0.170. The molecule has 50 heavy (non-hydrogen) atoms. The summed E-state index contributed by atoms with van der Waals surface area (Å²) >= 11 is 0. The van der Waals surface area contributed by atoms with Gasteiger partial charge in [-0.25, -0.2) is 0 Å². The van der Waals surface area contributed by atoms with Crippen molar-refractivity contribution in [2.45, 2.75) is 45.5 Å². The van der Waals surface area contributed by atoms with E-state index in [1.807, 2.05) is 91.0 Å². The lowest BCUT2D eigenvalue weighted by molar-refractivity contribution is -0.145. The zero-order chi connectivity index (χ0) is 34.5. The topological polar surface area (TPSA) is 101 Å².